The topological polar surface area (TPSA) is 126 Å². The van der Waals surface area contributed by atoms with E-state index in [-0.39, 0.29) is 24.2 Å². The third kappa shape index (κ3) is 16.4. The standard InChI is InChI=1S/2C26H23N2O2.2CO.4ClH.2Ru.Zn/c2*1-17-13-18(2)22(26-28-24(16-30-26)20-11-7-4-8-12-20)14-21(17)25-27-23(15-29-25)19-9-5-3-6-10-19;2*1-2;;;;;;;/h2*3-13,23-24H,15-16H2,1-2H3;;;4*1H;;;/q2*-1;;;;;;;3*+2/p-4/t2*23-,24-;;;;;;;;;/m11........./s1. The average molecular weight is 1260 g/mol. The summed E-state index contributed by atoms with van der Waals surface area (Å²) in [7, 11) is 19.0. The zero-order valence-corrected chi connectivity index (χ0v) is 48.5. The van der Waals surface area contributed by atoms with Crippen LogP contribution < -0.4 is 0 Å². The SMILES string of the molecule is Cc1cc(C)c(C2=N[C@@H](c3ccccc3)CO2)[c-]c1C1=N[C@@H](c2ccccc2)CO1.Cc1cc(C)c(C2=N[C@@H](c3ccccc3)CO2)[c-]c1C1=N[C@@H](c2ccccc2)CO1.[C-]#[O+].[C-]#[O+].[Cl][Ru+].[Cl][Ru+].[Cl][Zn][Cl]. The number of hydrogen-bond donors (Lipinski definition) is 0. The molecule has 0 fully saturated rings. The normalized spacial score (nSPS) is 17.5. The molecule has 0 saturated heterocycles. The number of ether oxygens (including phenoxy) is 4. The van der Waals surface area contributed by atoms with Gasteiger partial charge in [-0.2, -0.15) is 0 Å². The summed E-state index contributed by atoms with van der Waals surface area (Å²) < 4.78 is 38.9. The zero-order valence-electron chi connectivity index (χ0n) is 39.0. The third-order valence-electron chi connectivity index (χ3n) is 11.1. The molecule has 0 unspecified atom stereocenters. The minimum atomic E-state index is -0.931. The van der Waals surface area contributed by atoms with Crippen molar-refractivity contribution in [2.24, 2.45) is 20.0 Å². The van der Waals surface area contributed by atoms with Crippen molar-refractivity contribution in [1.82, 2.24) is 0 Å². The summed E-state index contributed by atoms with van der Waals surface area (Å²) in [6.45, 7) is 19.4. The Morgan fingerprint density at radius 3 is 0.789 bits per heavy atom. The van der Waals surface area contributed by atoms with Gasteiger partial charge in [0.25, 0.3) is 0 Å². The Kier molecular flexibility index (Phi) is 26.7. The maximum atomic E-state index is 7.50. The molecule has 0 aromatic heterocycles. The van der Waals surface area contributed by atoms with Crippen molar-refractivity contribution in [2.75, 3.05) is 26.4 Å². The second-order valence-electron chi connectivity index (χ2n) is 15.6. The summed E-state index contributed by atoms with van der Waals surface area (Å²) in [6, 6.07) is 52.3. The van der Waals surface area contributed by atoms with E-state index in [1.807, 2.05) is 107 Å². The first-order valence-corrected chi connectivity index (χ1v) is 34.0. The van der Waals surface area contributed by atoms with Crippen molar-refractivity contribution >= 4 is 62.4 Å². The van der Waals surface area contributed by atoms with Crippen LogP contribution >= 0.6 is 38.8 Å². The van der Waals surface area contributed by atoms with Gasteiger partial charge in [0.15, 0.2) is 0 Å². The number of rotatable bonds is 8. The first kappa shape index (κ1) is 59.3. The van der Waals surface area contributed by atoms with Crippen LogP contribution in [0.3, 0.4) is 0 Å². The van der Waals surface area contributed by atoms with Crippen LogP contribution in [0.4, 0.5) is 0 Å². The van der Waals surface area contributed by atoms with E-state index in [1.165, 1.54) is 0 Å². The number of halogens is 4. The molecule has 0 N–H and O–H groups in total. The Labute approximate surface area is 460 Å². The molecule has 4 aliphatic heterocycles. The van der Waals surface area contributed by atoms with Gasteiger partial charge in [0.1, 0.15) is 74.2 Å². The molecule has 71 heavy (non-hydrogen) atoms. The molecule has 4 heterocycles. The van der Waals surface area contributed by atoms with E-state index in [9.17, 15) is 0 Å². The van der Waals surface area contributed by atoms with Crippen LogP contribution in [0.5, 0.6) is 0 Å². The molecule has 6 aromatic carbocycles. The Morgan fingerprint density at radius 2 is 0.606 bits per heavy atom. The van der Waals surface area contributed by atoms with Crippen molar-refractivity contribution in [3.8, 4) is 0 Å². The molecule has 364 valence electrons. The second kappa shape index (κ2) is 32.0. The Bertz CT molecular complexity index is 2410. The van der Waals surface area contributed by atoms with Gasteiger partial charge in [0.05, 0.1) is 0 Å². The molecular formula is C54H46Cl4N4O6Ru2Zn. The van der Waals surface area contributed by atoms with Gasteiger partial charge in [-0.05, 0) is 22.3 Å². The van der Waals surface area contributed by atoms with E-state index in [1.54, 1.807) is 0 Å². The van der Waals surface area contributed by atoms with Crippen molar-refractivity contribution in [3.63, 3.8) is 0 Å². The molecule has 0 saturated carbocycles. The summed E-state index contributed by atoms with van der Waals surface area (Å²) in [6.07, 6.45) is 0. The summed E-state index contributed by atoms with van der Waals surface area (Å²) in [5, 5.41) is 0. The summed E-state index contributed by atoms with van der Waals surface area (Å²) >= 11 is 2.71. The molecule has 4 aliphatic rings. The number of aryl methyl sites for hydroxylation is 4. The molecule has 10 nitrogen and oxygen atoms in total. The summed E-state index contributed by atoms with van der Waals surface area (Å²) in [5.74, 6) is 2.56. The van der Waals surface area contributed by atoms with Gasteiger partial charge in [-0.15, -0.1) is 46.5 Å². The molecule has 17 heteroatoms. The van der Waals surface area contributed by atoms with Crippen LogP contribution in [0.1, 0.15) is 90.9 Å². The zero-order chi connectivity index (χ0) is 51.7. The van der Waals surface area contributed by atoms with Gasteiger partial charge in [-0.3, -0.25) is 20.0 Å². The molecule has 4 atom stereocenters. The van der Waals surface area contributed by atoms with Gasteiger partial charge in [-0.25, -0.2) is 0 Å². The first-order chi connectivity index (χ1) is 34.8. The number of benzene rings is 6. The van der Waals surface area contributed by atoms with Crippen LogP contribution in [-0.2, 0) is 78.0 Å². The molecule has 6 aromatic rings. The predicted molar refractivity (Wildman–Crippen MR) is 267 cm³/mol. The van der Waals surface area contributed by atoms with E-state index >= 15 is 0 Å². The fourth-order valence-corrected chi connectivity index (χ4v) is 7.90. The number of nitrogens with zero attached hydrogens (tertiary/aromatic N) is 4. The predicted octanol–water partition coefficient (Wildman–Crippen LogP) is 13.0. The van der Waals surface area contributed by atoms with E-state index < -0.39 is 15.1 Å². The van der Waals surface area contributed by atoms with Crippen LogP contribution in [0.2, 0.25) is 0 Å². The van der Waals surface area contributed by atoms with Crippen LogP contribution in [0.25, 0.3) is 0 Å². The van der Waals surface area contributed by atoms with Gasteiger partial charge in [0, 0.05) is 0 Å². The van der Waals surface area contributed by atoms with Gasteiger partial charge >= 0.3 is 111 Å². The second-order valence-corrected chi connectivity index (χ2v) is 20.2. The number of aliphatic imine (C=N–C) groups is 4. The van der Waals surface area contributed by atoms with Crippen LogP contribution in [0.15, 0.2) is 153 Å². The molecule has 0 bridgehead atoms. The molecular weight excluding hydrogens is 1210 g/mol. The van der Waals surface area contributed by atoms with Crippen molar-refractivity contribution in [2.45, 2.75) is 51.9 Å². The Balaban J connectivity index is 0.000000258. The van der Waals surface area contributed by atoms with E-state index in [2.05, 4.69) is 133 Å². The fourth-order valence-electron chi connectivity index (χ4n) is 7.90. The summed E-state index contributed by atoms with van der Waals surface area (Å²) in [5.41, 5.74) is 12.5. The summed E-state index contributed by atoms with van der Waals surface area (Å²) in [4.78, 5) is 19.3. The van der Waals surface area contributed by atoms with Gasteiger partial charge in [0.2, 0.25) is 0 Å². The monoisotopic (exact) mass is 1250 g/mol. The minimum absolute atomic E-state index is 0.0151. The molecule has 10 rings (SSSR count). The molecule has 0 amide bonds. The number of hydrogen-bond acceptors (Lipinski definition) is 8. The maximum absolute atomic E-state index is 7.50. The molecule has 0 spiro atoms. The Morgan fingerprint density at radius 1 is 0.423 bits per heavy atom. The van der Waals surface area contributed by atoms with E-state index in [0.717, 1.165) is 66.8 Å². The van der Waals surface area contributed by atoms with Crippen molar-refractivity contribution in [3.05, 3.63) is 226 Å². The quantitative estimate of drug-likeness (QED) is 0.0854. The van der Waals surface area contributed by atoms with Crippen LogP contribution in [-0.4, -0.2) is 50.0 Å². The van der Waals surface area contributed by atoms with Crippen molar-refractivity contribution < 1.29 is 78.0 Å². The third-order valence-corrected chi connectivity index (χ3v) is 11.1. The van der Waals surface area contributed by atoms with Crippen molar-refractivity contribution in [1.29, 1.82) is 0 Å². The van der Waals surface area contributed by atoms with Gasteiger partial charge < -0.3 is 18.9 Å². The molecule has 0 radical (unpaired) electrons. The molecule has 0 aliphatic carbocycles. The fraction of sp³-hybridized carbons (Fsp3) is 0.222. The van der Waals surface area contributed by atoms with E-state index in [4.69, 9.17) is 67.6 Å². The van der Waals surface area contributed by atoms with Gasteiger partial charge in [-0.1, -0.05) is 171 Å². The first-order valence-electron chi connectivity index (χ1n) is 21.7. The van der Waals surface area contributed by atoms with Crippen LogP contribution in [0, 0.1) is 53.1 Å². The average Bonchev–Trinajstić information content (AvgIpc) is 4.30. The Hall–Kier alpha value is -4.29. The van der Waals surface area contributed by atoms with E-state index in [0.29, 0.717) is 50.0 Å².